The number of imidazole rings is 1. The molecule has 0 spiro atoms. The van der Waals surface area contributed by atoms with Crippen LogP contribution in [0.25, 0.3) is 0 Å². The van der Waals surface area contributed by atoms with Crippen LogP contribution in [-0.4, -0.2) is 32.8 Å². The van der Waals surface area contributed by atoms with E-state index in [1.54, 1.807) is 6.33 Å². The lowest BCUT2D eigenvalue weighted by Gasteiger charge is -2.19. The predicted octanol–water partition coefficient (Wildman–Crippen LogP) is 2.25. The van der Waals surface area contributed by atoms with Crippen LogP contribution >= 0.6 is 0 Å². The Labute approximate surface area is 123 Å². The van der Waals surface area contributed by atoms with Crippen LogP contribution in [0.3, 0.4) is 0 Å². The first-order chi connectivity index (χ1) is 10.2. The van der Waals surface area contributed by atoms with Crippen molar-refractivity contribution in [3.05, 3.63) is 54.1 Å². The molecule has 2 amide bonds. The maximum absolute atomic E-state index is 12.5. The van der Waals surface area contributed by atoms with Crippen molar-refractivity contribution in [3.8, 4) is 0 Å². The van der Waals surface area contributed by atoms with Gasteiger partial charge in [0.2, 0.25) is 5.91 Å². The van der Waals surface area contributed by atoms with E-state index < -0.39 is 0 Å². The van der Waals surface area contributed by atoms with E-state index in [1.165, 1.54) is 11.1 Å². The summed E-state index contributed by atoms with van der Waals surface area (Å²) in [5.41, 5.74) is 1.55. The highest BCUT2D eigenvalue weighted by Gasteiger charge is 2.30. The lowest BCUT2D eigenvalue weighted by Crippen LogP contribution is -2.33. The molecule has 108 valence electrons. The van der Waals surface area contributed by atoms with Crippen LogP contribution in [0.4, 0.5) is 0 Å². The third-order valence-corrected chi connectivity index (χ3v) is 3.90. The van der Waals surface area contributed by atoms with E-state index in [0.29, 0.717) is 18.7 Å². The highest BCUT2D eigenvalue weighted by molar-refractivity contribution is 6.04. The molecule has 0 bridgehead atoms. The van der Waals surface area contributed by atoms with Crippen LogP contribution in [-0.2, 0) is 4.79 Å². The van der Waals surface area contributed by atoms with Crippen LogP contribution in [0.2, 0.25) is 0 Å². The number of hydrogen-bond acceptors (Lipinski definition) is 3. The number of nitrogens with zero attached hydrogens (tertiary/aromatic N) is 3. The second-order valence-corrected chi connectivity index (χ2v) is 5.23. The second kappa shape index (κ2) is 5.52. The Morgan fingerprint density at radius 1 is 1.29 bits per heavy atom. The van der Waals surface area contributed by atoms with E-state index in [4.69, 9.17) is 0 Å². The van der Waals surface area contributed by atoms with Gasteiger partial charge in [-0.1, -0.05) is 30.3 Å². The van der Waals surface area contributed by atoms with Crippen molar-refractivity contribution in [2.75, 3.05) is 6.54 Å². The van der Waals surface area contributed by atoms with Crippen LogP contribution < -0.4 is 0 Å². The fraction of sp³-hybridized carbons (Fsp3) is 0.312. The standard InChI is InChI=1S/C16H17N3O2/c1-12(13-6-3-2-4-7-13)19-11-17-10-14(19)16(21)18-9-5-8-15(18)20/h2-4,6-7,10-12H,5,8-9H2,1H3/t12-/m0/s1. The summed E-state index contributed by atoms with van der Waals surface area (Å²) in [6.45, 7) is 2.52. The number of carbonyl (C=O) groups excluding carboxylic acids is 2. The number of likely N-dealkylation sites (tertiary alicyclic amines) is 1. The van der Waals surface area contributed by atoms with Crippen molar-refractivity contribution in [1.29, 1.82) is 0 Å². The molecule has 2 aromatic rings. The van der Waals surface area contributed by atoms with Crippen molar-refractivity contribution in [2.24, 2.45) is 0 Å². The van der Waals surface area contributed by atoms with Gasteiger partial charge in [-0.3, -0.25) is 14.5 Å². The van der Waals surface area contributed by atoms with E-state index >= 15 is 0 Å². The Morgan fingerprint density at radius 3 is 2.71 bits per heavy atom. The summed E-state index contributed by atoms with van der Waals surface area (Å²) < 4.78 is 1.82. The van der Waals surface area contributed by atoms with Crippen molar-refractivity contribution in [2.45, 2.75) is 25.8 Å². The first-order valence-electron chi connectivity index (χ1n) is 7.10. The number of hydrogen-bond donors (Lipinski definition) is 0. The van der Waals surface area contributed by atoms with Gasteiger partial charge in [-0.05, 0) is 18.9 Å². The third kappa shape index (κ3) is 2.46. The normalized spacial score (nSPS) is 16.2. The molecule has 2 heterocycles. The number of benzene rings is 1. The first kappa shape index (κ1) is 13.5. The molecule has 3 rings (SSSR count). The van der Waals surface area contributed by atoms with E-state index in [9.17, 15) is 9.59 Å². The predicted molar refractivity (Wildman–Crippen MR) is 77.8 cm³/mol. The van der Waals surface area contributed by atoms with Crippen LogP contribution in [0.5, 0.6) is 0 Å². The molecule has 0 aliphatic carbocycles. The molecule has 1 aliphatic heterocycles. The first-order valence-corrected chi connectivity index (χ1v) is 7.10. The number of rotatable bonds is 3. The lowest BCUT2D eigenvalue weighted by atomic mass is 10.1. The average molecular weight is 283 g/mol. The van der Waals surface area contributed by atoms with Gasteiger partial charge in [-0.25, -0.2) is 4.98 Å². The van der Waals surface area contributed by atoms with Gasteiger partial charge in [0.25, 0.3) is 5.91 Å². The molecule has 0 unspecified atom stereocenters. The Morgan fingerprint density at radius 2 is 2.05 bits per heavy atom. The number of amides is 2. The average Bonchev–Trinajstić information content (AvgIpc) is 3.15. The molecule has 1 aliphatic rings. The van der Waals surface area contributed by atoms with Crippen molar-refractivity contribution < 1.29 is 9.59 Å². The van der Waals surface area contributed by atoms with Gasteiger partial charge in [0.05, 0.1) is 18.6 Å². The molecule has 1 fully saturated rings. The third-order valence-electron chi connectivity index (χ3n) is 3.90. The largest absolute Gasteiger partial charge is 0.319 e. The Kier molecular flexibility index (Phi) is 3.56. The highest BCUT2D eigenvalue weighted by atomic mass is 16.2. The maximum atomic E-state index is 12.5. The summed E-state index contributed by atoms with van der Waals surface area (Å²) in [6, 6.07) is 9.91. The summed E-state index contributed by atoms with van der Waals surface area (Å²) in [5.74, 6) is -0.349. The van der Waals surface area contributed by atoms with Gasteiger partial charge in [-0.15, -0.1) is 0 Å². The highest BCUT2D eigenvalue weighted by Crippen LogP contribution is 2.21. The Bertz CT molecular complexity index is 663. The smallest absolute Gasteiger partial charge is 0.278 e. The Hall–Kier alpha value is -2.43. The zero-order chi connectivity index (χ0) is 14.8. The zero-order valence-electron chi connectivity index (χ0n) is 11.9. The number of imide groups is 1. The number of aromatic nitrogens is 2. The molecule has 1 aromatic heterocycles. The molecule has 5 nitrogen and oxygen atoms in total. The minimum Gasteiger partial charge on any atom is -0.319 e. The molecule has 0 saturated carbocycles. The van der Waals surface area contributed by atoms with Crippen LogP contribution in [0.15, 0.2) is 42.9 Å². The molecule has 0 radical (unpaired) electrons. The Balaban J connectivity index is 1.90. The van der Waals surface area contributed by atoms with Gasteiger partial charge < -0.3 is 4.57 Å². The van der Waals surface area contributed by atoms with Gasteiger partial charge >= 0.3 is 0 Å². The van der Waals surface area contributed by atoms with Crippen LogP contribution in [0.1, 0.15) is 41.9 Å². The van der Waals surface area contributed by atoms with Gasteiger partial charge in [0, 0.05) is 13.0 Å². The maximum Gasteiger partial charge on any atom is 0.278 e. The molecule has 0 N–H and O–H groups in total. The fourth-order valence-electron chi connectivity index (χ4n) is 2.67. The van der Waals surface area contributed by atoms with Gasteiger partial charge in [-0.2, -0.15) is 0 Å². The van der Waals surface area contributed by atoms with Gasteiger partial charge in [0.1, 0.15) is 5.69 Å². The van der Waals surface area contributed by atoms with E-state index in [-0.39, 0.29) is 17.9 Å². The molecular formula is C16H17N3O2. The van der Waals surface area contributed by atoms with E-state index in [0.717, 1.165) is 12.0 Å². The molecule has 21 heavy (non-hydrogen) atoms. The van der Waals surface area contributed by atoms with Crippen molar-refractivity contribution in [1.82, 2.24) is 14.5 Å². The lowest BCUT2D eigenvalue weighted by molar-refractivity contribution is -0.125. The summed E-state index contributed by atoms with van der Waals surface area (Å²) in [5, 5.41) is 0. The number of carbonyl (C=O) groups is 2. The van der Waals surface area contributed by atoms with E-state index in [1.807, 2.05) is 41.8 Å². The molecule has 5 heteroatoms. The summed E-state index contributed by atoms with van der Waals surface area (Å²) in [4.78, 5) is 29.7. The van der Waals surface area contributed by atoms with E-state index in [2.05, 4.69) is 4.98 Å². The molecule has 1 atom stereocenters. The molecular weight excluding hydrogens is 266 g/mol. The summed E-state index contributed by atoms with van der Waals surface area (Å²) in [7, 11) is 0. The summed E-state index contributed by atoms with van der Waals surface area (Å²) >= 11 is 0. The minimum atomic E-state index is -0.252. The monoisotopic (exact) mass is 283 g/mol. The topological polar surface area (TPSA) is 55.2 Å². The fourth-order valence-corrected chi connectivity index (χ4v) is 2.67. The molecule has 1 saturated heterocycles. The molecule has 1 aromatic carbocycles. The quantitative estimate of drug-likeness (QED) is 0.812. The minimum absolute atomic E-state index is 0.00893. The van der Waals surface area contributed by atoms with Crippen molar-refractivity contribution in [3.63, 3.8) is 0 Å². The SMILES string of the molecule is C[C@@H](c1ccccc1)n1cncc1C(=O)N1CCCC1=O. The van der Waals surface area contributed by atoms with Crippen LogP contribution in [0, 0.1) is 0 Å². The summed E-state index contributed by atoms with van der Waals surface area (Å²) in [6.07, 6.45) is 4.37. The zero-order valence-corrected chi connectivity index (χ0v) is 11.9. The van der Waals surface area contributed by atoms with Gasteiger partial charge in [0.15, 0.2) is 0 Å². The second-order valence-electron chi connectivity index (χ2n) is 5.23. The van der Waals surface area contributed by atoms with Crippen molar-refractivity contribution >= 4 is 11.8 Å².